The second-order valence-electron chi connectivity index (χ2n) is 3.49. The lowest BCUT2D eigenvalue weighted by atomic mass is 10.2. The van der Waals surface area contributed by atoms with Gasteiger partial charge in [0.25, 0.3) is 5.91 Å². The van der Waals surface area contributed by atoms with Gasteiger partial charge in [-0.3, -0.25) is 4.79 Å². The average molecular weight is 235 g/mol. The first kappa shape index (κ1) is 11.1. The molecule has 0 saturated heterocycles. The summed E-state index contributed by atoms with van der Waals surface area (Å²) in [7, 11) is 0. The number of aromatic nitrogens is 1. The van der Waals surface area contributed by atoms with Gasteiger partial charge < -0.3 is 15.6 Å². The monoisotopic (exact) mass is 235 g/mol. The molecule has 0 aliphatic carbocycles. The smallest absolute Gasteiger partial charge is 0.260 e. The van der Waals surface area contributed by atoms with Gasteiger partial charge in [-0.25, -0.2) is 4.39 Å². The molecule has 3 N–H and O–H groups in total. The van der Waals surface area contributed by atoms with Gasteiger partial charge >= 0.3 is 0 Å². The fourth-order valence-corrected chi connectivity index (χ4v) is 1.35. The molecule has 88 valence electrons. The molecule has 1 amide bonds. The summed E-state index contributed by atoms with van der Waals surface area (Å²) in [4.78, 5) is 11.7. The first-order valence-corrected chi connectivity index (χ1v) is 4.85. The number of carbonyl (C=O) groups is 1. The summed E-state index contributed by atoms with van der Waals surface area (Å²) in [6, 6.07) is 3.94. The topological polar surface area (TPSA) is 81.2 Å². The minimum absolute atomic E-state index is 0.0237. The Hall–Kier alpha value is -2.37. The summed E-state index contributed by atoms with van der Waals surface area (Å²) in [5.74, 6) is -0.679. The van der Waals surface area contributed by atoms with Gasteiger partial charge in [-0.1, -0.05) is 5.16 Å². The highest BCUT2D eigenvalue weighted by molar-refractivity contribution is 6.04. The molecule has 17 heavy (non-hydrogen) atoms. The molecule has 0 spiro atoms. The number of amides is 1. The number of nitrogens with zero attached hydrogens (tertiary/aromatic N) is 1. The van der Waals surface area contributed by atoms with E-state index in [4.69, 9.17) is 10.3 Å². The van der Waals surface area contributed by atoms with Crippen molar-refractivity contribution in [3.63, 3.8) is 0 Å². The highest BCUT2D eigenvalue weighted by Gasteiger charge is 2.14. The molecule has 0 fully saturated rings. The van der Waals surface area contributed by atoms with Crippen LogP contribution in [0.2, 0.25) is 0 Å². The van der Waals surface area contributed by atoms with Crippen molar-refractivity contribution in [3.05, 3.63) is 41.5 Å². The van der Waals surface area contributed by atoms with Crippen LogP contribution in [0.25, 0.3) is 0 Å². The van der Waals surface area contributed by atoms with Gasteiger partial charge in [0.1, 0.15) is 17.1 Å². The van der Waals surface area contributed by atoms with Crippen molar-refractivity contribution in [1.82, 2.24) is 5.16 Å². The van der Waals surface area contributed by atoms with E-state index < -0.39 is 11.7 Å². The number of benzene rings is 1. The molecule has 2 rings (SSSR count). The lowest BCUT2D eigenvalue weighted by Gasteiger charge is -2.05. The summed E-state index contributed by atoms with van der Waals surface area (Å²) < 4.78 is 18.1. The standard InChI is InChI=1S/C11H10FN3O2/c1-6-8(5-14-17-6)11(16)15-10-4-7(13)2-3-9(10)12/h2-5H,13H2,1H3,(H,15,16). The summed E-state index contributed by atoms with van der Waals surface area (Å²) in [6.07, 6.45) is 1.27. The molecule has 6 heteroatoms. The Bertz CT molecular complexity index is 566. The molecule has 0 bridgehead atoms. The van der Waals surface area contributed by atoms with Crippen LogP contribution in [0, 0.1) is 12.7 Å². The number of carbonyl (C=O) groups excluding carboxylic acids is 1. The molecule has 1 aromatic heterocycles. The Morgan fingerprint density at radius 3 is 2.94 bits per heavy atom. The van der Waals surface area contributed by atoms with E-state index in [1.807, 2.05) is 0 Å². The minimum Gasteiger partial charge on any atom is -0.399 e. The summed E-state index contributed by atoms with van der Waals surface area (Å²) in [5.41, 5.74) is 6.15. The van der Waals surface area contributed by atoms with E-state index in [0.717, 1.165) is 0 Å². The molecular formula is C11H10FN3O2. The molecule has 5 nitrogen and oxygen atoms in total. The maximum atomic E-state index is 13.4. The van der Waals surface area contributed by atoms with Crippen molar-refractivity contribution in [1.29, 1.82) is 0 Å². The predicted molar refractivity (Wildman–Crippen MR) is 60.0 cm³/mol. The van der Waals surface area contributed by atoms with Crippen LogP contribution in [0.5, 0.6) is 0 Å². The third kappa shape index (κ3) is 2.25. The molecule has 0 unspecified atom stereocenters. The minimum atomic E-state index is -0.554. The highest BCUT2D eigenvalue weighted by atomic mass is 19.1. The van der Waals surface area contributed by atoms with E-state index in [1.54, 1.807) is 6.92 Å². The van der Waals surface area contributed by atoms with Crippen LogP contribution in [0.3, 0.4) is 0 Å². The van der Waals surface area contributed by atoms with Crippen LogP contribution in [0.1, 0.15) is 16.1 Å². The zero-order valence-electron chi connectivity index (χ0n) is 9.03. The van der Waals surface area contributed by atoms with Crippen molar-refractivity contribution in [3.8, 4) is 0 Å². The number of aryl methyl sites for hydroxylation is 1. The maximum Gasteiger partial charge on any atom is 0.260 e. The number of hydrogen-bond acceptors (Lipinski definition) is 4. The van der Waals surface area contributed by atoms with Crippen LogP contribution in [0.15, 0.2) is 28.9 Å². The normalized spacial score (nSPS) is 10.2. The van der Waals surface area contributed by atoms with E-state index in [1.165, 1.54) is 24.4 Å². The van der Waals surface area contributed by atoms with Gasteiger partial charge in [-0.2, -0.15) is 0 Å². The fourth-order valence-electron chi connectivity index (χ4n) is 1.35. The highest BCUT2D eigenvalue weighted by Crippen LogP contribution is 2.18. The van der Waals surface area contributed by atoms with Gasteiger partial charge in [0.05, 0.1) is 11.9 Å². The third-order valence-electron chi connectivity index (χ3n) is 2.23. The molecule has 0 aliphatic heterocycles. The zero-order valence-corrected chi connectivity index (χ0v) is 9.03. The SMILES string of the molecule is Cc1oncc1C(=O)Nc1cc(N)ccc1F. The van der Waals surface area contributed by atoms with E-state index >= 15 is 0 Å². The van der Waals surface area contributed by atoms with Crippen molar-refractivity contribution in [2.24, 2.45) is 0 Å². The molecule has 0 saturated carbocycles. The third-order valence-corrected chi connectivity index (χ3v) is 2.23. The van der Waals surface area contributed by atoms with Gasteiger partial charge in [0, 0.05) is 5.69 Å². The first-order valence-electron chi connectivity index (χ1n) is 4.85. The number of nitrogens with two attached hydrogens (primary N) is 1. The van der Waals surface area contributed by atoms with Crippen LogP contribution >= 0.6 is 0 Å². The number of rotatable bonds is 2. The number of nitrogen functional groups attached to an aromatic ring is 1. The largest absolute Gasteiger partial charge is 0.399 e. The van der Waals surface area contributed by atoms with E-state index in [-0.39, 0.29) is 11.3 Å². The van der Waals surface area contributed by atoms with Gasteiger partial charge in [0.2, 0.25) is 0 Å². The second kappa shape index (κ2) is 4.25. The zero-order chi connectivity index (χ0) is 12.4. The summed E-state index contributed by atoms with van der Waals surface area (Å²) in [6.45, 7) is 1.59. The van der Waals surface area contributed by atoms with Gasteiger partial charge in [-0.05, 0) is 25.1 Å². The van der Waals surface area contributed by atoms with E-state index in [2.05, 4.69) is 10.5 Å². The molecule has 0 radical (unpaired) electrons. The Morgan fingerprint density at radius 1 is 1.53 bits per heavy atom. The average Bonchev–Trinajstić information content (AvgIpc) is 2.70. The number of anilines is 2. The van der Waals surface area contributed by atoms with Crippen LogP contribution in [0.4, 0.5) is 15.8 Å². The number of nitrogens with one attached hydrogen (secondary N) is 1. The number of halogens is 1. The molecule has 1 heterocycles. The summed E-state index contributed by atoms with van der Waals surface area (Å²) >= 11 is 0. The van der Waals surface area contributed by atoms with Crippen molar-refractivity contribution in [2.45, 2.75) is 6.92 Å². The second-order valence-corrected chi connectivity index (χ2v) is 3.49. The van der Waals surface area contributed by atoms with Crippen molar-refractivity contribution < 1.29 is 13.7 Å². The van der Waals surface area contributed by atoms with Crippen LogP contribution < -0.4 is 11.1 Å². The molecular weight excluding hydrogens is 225 g/mol. The lowest BCUT2D eigenvalue weighted by Crippen LogP contribution is -2.13. The Labute approximate surface area is 96.4 Å². The Kier molecular flexibility index (Phi) is 2.78. The fraction of sp³-hybridized carbons (Fsp3) is 0.0909. The molecule has 1 aromatic carbocycles. The van der Waals surface area contributed by atoms with Crippen LogP contribution in [-0.4, -0.2) is 11.1 Å². The Morgan fingerprint density at radius 2 is 2.29 bits per heavy atom. The maximum absolute atomic E-state index is 13.4. The van der Waals surface area contributed by atoms with E-state index in [0.29, 0.717) is 11.4 Å². The molecule has 0 atom stereocenters. The first-order chi connectivity index (χ1) is 8.08. The molecule has 2 aromatic rings. The lowest BCUT2D eigenvalue weighted by molar-refractivity contribution is 0.102. The van der Waals surface area contributed by atoms with Crippen LogP contribution in [-0.2, 0) is 0 Å². The van der Waals surface area contributed by atoms with Crippen molar-refractivity contribution >= 4 is 17.3 Å². The summed E-state index contributed by atoms with van der Waals surface area (Å²) in [5, 5.41) is 5.87. The molecule has 0 aliphatic rings. The van der Waals surface area contributed by atoms with Gasteiger partial charge in [0.15, 0.2) is 0 Å². The van der Waals surface area contributed by atoms with Crippen molar-refractivity contribution in [2.75, 3.05) is 11.1 Å². The van der Waals surface area contributed by atoms with E-state index in [9.17, 15) is 9.18 Å². The Balaban J connectivity index is 2.24. The quantitative estimate of drug-likeness (QED) is 0.779. The predicted octanol–water partition coefficient (Wildman–Crippen LogP) is 1.96. The number of hydrogen-bond donors (Lipinski definition) is 2. The van der Waals surface area contributed by atoms with Gasteiger partial charge in [-0.15, -0.1) is 0 Å².